The summed E-state index contributed by atoms with van der Waals surface area (Å²) >= 11 is 0. The van der Waals surface area contributed by atoms with Crippen LogP contribution >= 0.6 is 7.82 Å². The topological polar surface area (TPSA) is 155 Å². The van der Waals surface area contributed by atoms with Crippen LogP contribution in [0.2, 0.25) is 0 Å². The van der Waals surface area contributed by atoms with Gasteiger partial charge in [0.2, 0.25) is 0 Å². The second kappa shape index (κ2) is 56.1. The second-order valence-electron chi connectivity index (χ2n) is 19.8. The third-order valence-electron chi connectivity index (χ3n) is 12.7. The smallest absolute Gasteiger partial charge is 0.462 e. The van der Waals surface area contributed by atoms with Crippen molar-refractivity contribution in [3.63, 3.8) is 0 Å². The average Bonchev–Trinajstić information content (AvgIpc) is 3.39. The molecule has 3 unspecified atom stereocenters. The fraction of sp³-hybridized carbons (Fsp3) is 0.758. The molecule has 0 aliphatic heterocycles. The maximum absolute atomic E-state index is 12.9. The Morgan fingerprint density at radius 3 is 1.08 bits per heavy atom. The van der Waals surface area contributed by atoms with E-state index in [9.17, 15) is 28.9 Å². The molecule has 0 bridgehead atoms. The van der Waals surface area contributed by atoms with Gasteiger partial charge < -0.3 is 24.2 Å². The van der Waals surface area contributed by atoms with E-state index < -0.39 is 57.8 Å². The largest absolute Gasteiger partial charge is 0.472 e. The average molecular weight is 1060 g/mol. The monoisotopic (exact) mass is 1060 g/mol. The number of hydrogen-bond acceptors (Lipinski definition) is 10. The van der Waals surface area contributed by atoms with Crippen molar-refractivity contribution in [1.82, 2.24) is 0 Å². The Morgan fingerprint density at radius 1 is 0.392 bits per heavy atom. The van der Waals surface area contributed by atoms with Crippen LogP contribution in [0.15, 0.2) is 72.9 Å². The minimum Gasteiger partial charge on any atom is -0.462 e. The number of esters is 3. The standard InChI is InChI=1S/C62H109O11P/c1-4-7-10-13-16-19-22-24-26-28-29-31-33-35-38-41-44-47-50-53-62(66)73-59(55-69-60(64)51-48-45-42-39-36-21-18-15-12-9-6-3)57-71-74(67,68)70-56-58(54-63)72-61(65)52-49-46-43-40-37-34-32-30-27-25-23-20-17-14-11-8-5-2/h7,10,16,19,24,26,29,31,35,38,44,47,58-59,63H,4-6,8-9,11-15,17-18,20-23,25,27-28,30,32-34,36-37,39-43,45-46,48-57H2,1-3H3,(H,67,68)/b10-7-,19-16-,26-24-,31-29-,38-35-,47-44-. The first-order chi connectivity index (χ1) is 36.2. The van der Waals surface area contributed by atoms with E-state index in [1.165, 1.54) is 128 Å². The molecule has 0 radical (unpaired) electrons. The van der Waals surface area contributed by atoms with Gasteiger partial charge in [-0.1, -0.05) is 261 Å². The van der Waals surface area contributed by atoms with Gasteiger partial charge in [0.05, 0.1) is 19.8 Å². The minimum absolute atomic E-state index is 0.0433. The van der Waals surface area contributed by atoms with Crippen LogP contribution in [0.5, 0.6) is 0 Å². The summed E-state index contributed by atoms with van der Waals surface area (Å²) in [5.41, 5.74) is 0. The van der Waals surface area contributed by atoms with E-state index in [1.54, 1.807) is 0 Å². The maximum Gasteiger partial charge on any atom is 0.472 e. The molecule has 0 aliphatic rings. The molecule has 12 heteroatoms. The summed E-state index contributed by atoms with van der Waals surface area (Å²) in [6, 6.07) is 0. The van der Waals surface area contributed by atoms with Gasteiger partial charge in [-0.2, -0.15) is 0 Å². The Kier molecular flexibility index (Phi) is 53.8. The molecule has 2 N–H and O–H groups in total. The highest BCUT2D eigenvalue weighted by molar-refractivity contribution is 7.47. The molecule has 0 aliphatic carbocycles. The van der Waals surface area contributed by atoms with Crippen LogP contribution < -0.4 is 0 Å². The molecular weight excluding hydrogens is 952 g/mol. The third-order valence-corrected chi connectivity index (χ3v) is 13.6. The molecule has 0 spiro atoms. The molecule has 3 atom stereocenters. The van der Waals surface area contributed by atoms with Gasteiger partial charge in [0.15, 0.2) is 6.10 Å². The summed E-state index contributed by atoms with van der Waals surface area (Å²) in [4.78, 5) is 48.5. The first kappa shape index (κ1) is 70.9. The minimum atomic E-state index is -4.77. The lowest BCUT2D eigenvalue weighted by molar-refractivity contribution is -0.161. The Bertz CT molecular complexity index is 1520. The SMILES string of the molecule is CC/C=C\C/C=C\C/C=C\C/C=C\C/C=C\C/C=C\CCC(=O)OC(COC(=O)CCCCCCCCCCCCC)COP(=O)(O)OCC(CO)OC(=O)CCCCCCCCCCCCCCCCCCC. The van der Waals surface area contributed by atoms with Gasteiger partial charge in [-0.3, -0.25) is 23.4 Å². The highest BCUT2D eigenvalue weighted by Crippen LogP contribution is 2.43. The maximum atomic E-state index is 12.9. The summed E-state index contributed by atoms with van der Waals surface area (Å²) in [7, 11) is -4.77. The van der Waals surface area contributed by atoms with Crippen molar-refractivity contribution in [1.29, 1.82) is 0 Å². The Balaban J connectivity index is 4.74. The van der Waals surface area contributed by atoms with Crippen molar-refractivity contribution in [2.75, 3.05) is 26.4 Å². The molecule has 0 aromatic carbocycles. The van der Waals surface area contributed by atoms with Crippen molar-refractivity contribution in [3.8, 4) is 0 Å². The Labute approximate surface area is 452 Å². The molecule has 0 aromatic heterocycles. The van der Waals surface area contributed by atoms with E-state index in [1.807, 2.05) is 12.2 Å². The molecule has 0 aromatic rings. The molecule has 428 valence electrons. The van der Waals surface area contributed by atoms with Crippen molar-refractivity contribution in [2.24, 2.45) is 0 Å². The van der Waals surface area contributed by atoms with Crippen LogP contribution in [0.4, 0.5) is 0 Å². The zero-order valence-electron chi connectivity index (χ0n) is 47.3. The number of carbonyl (C=O) groups excluding carboxylic acids is 3. The fourth-order valence-electron chi connectivity index (χ4n) is 8.15. The summed E-state index contributed by atoms with van der Waals surface area (Å²) in [6.07, 6.45) is 63.1. The molecule has 0 heterocycles. The van der Waals surface area contributed by atoms with E-state index in [2.05, 4.69) is 81.5 Å². The number of rotatable bonds is 55. The molecule has 0 rings (SSSR count). The summed E-state index contributed by atoms with van der Waals surface area (Å²) in [6.45, 7) is 4.47. The van der Waals surface area contributed by atoms with Crippen LogP contribution in [-0.4, -0.2) is 66.5 Å². The Morgan fingerprint density at radius 2 is 0.703 bits per heavy atom. The predicted molar refractivity (Wildman–Crippen MR) is 307 cm³/mol. The number of phosphoric ester groups is 1. The van der Waals surface area contributed by atoms with E-state index in [0.29, 0.717) is 19.3 Å². The number of hydrogen-bond donors (Lipinski definition) is 2. The van der Waals surface area contributed by atoms with E-state index in [-0.39, 0.29) is 25.9 Å². The number of phosphoric acid groups is 1. The van der Waals surface area contributed by atoms with Crippen LogP contribution in [0.3, 0.4) is 0 Å². The number of unbranched alkanes of at least 4 members (excludes halogenated alkanes) is 26. The lowest BCUT2D eigenvalue weighted by atomic mass is 10.0. The van der Waals surface area contributed by atoms with Gasteiger partial charge >= 0.3 is 25.7 Å². The van der Waals surface area contributed by atoms with E-state index >= 15 is 0 Å². The molecule has 11 nitrogen and oxygen atoms in total. The molecule has 0 saturated carbocycles. The number of allylic oxidation sites excluding steroid dienone is 12. The number of ether oxygens (including phenoxy) is 3. The highest BCUT2D eigenvalue weighted by atomic mass is 31.2. The Hall–Kier alpha value is -3.08. The summed E-state index contributed by atoms with van der Waals surface area (Å²) < 4.78 is 39.4. The van der Waals surface area contributed by atoms with Gasteiger partial charge in [-0.25, -0.2) is 4.57 Å². The quantitative estimate of drug-likeness (QED) is 0.0197. The van der Waals surface area contributed by atoms with Crippen LogP contribution in [0, 0.1) is 0 Å². The first-order valence-corrected chi connectivity index (χ1v) is 31.3. The summed E-state index contributed by atoms with van der Waals surface area (Å²) in [5, 5.41) is 9.82. The van der Waals surface area contributed by atoms with Crippen LogP contribution in [0.1, 0.15) is 265 Å². The van der Waals surface area contributed by atoms with E-state index in [0.717, 1.165) is 77.0 Å². The zero-order valence-corrected chi connectivity index (χ0v) is 48.2. The molecule has 0 amide bonds. The zero-order chi connectivity index (χ0) is 54.1. The normalized spacial score (nSPS) is 13.9. The molecule has 0 saturated heterocycles. The number of aliphatic hydroxyl groups is 1. The summed E-state index contributed by atoms with van der Waals surface area (Å²) in [5.74, 6) is -1.56. The predicted octanol–water partition coefficient (Wildman–Crippen LogP) is 17.7. The van der Waals surface area contributed by atoms with E-state index in [4.69, 9.17) is 23.3 Å². The van der Waals surface area contributed by atoms with Crippen LogP contribution in [-0.2, 0) is 42.2 Å². The van der Waals surface area contributed by atoms with Gasteiger partial charge in [0.25, 0.3) is 0 Å². The van der Waals surface area contributed by atoms with Crippen molar-refractivity contribution < 1.29 is 52.2 Å². The number of carbonyl (C=O) groups is 3. The molecule has 0 fully saturated rings. The third kappa shape index (κ3) is 53.7. The van der Waals surface area contributed by atoms with Crippen molar-refractivity contribution in [2.45, 2.75) is 277 Å². The molecular formula is C62H109O11P. The van der Waals surface area contributed by atoms with Gasteiger partial charge in [0, 0.05) is 19.3 Å². The lowest BCUT2D eigenvalue weighted by Gasteiger charge is -2.21. The molecule has 74 heavy (non-hydrogen) atoms. The first-order valence-electron chi connectivity index (χ1n) is 29.8. The van der Waals surface area contributed by atoms with Crippen molar-refractivity contribution >= 4 is 25.7 Å². The lowest BCUT2D eigenvalue weighted by Crippen LogP contribution is -2.30. The van der Waals surface area contributed by atoms with Gasteiger partial charge in [0.1, 0.15) is 12.7 Å². The van der Waals surface area contributed by atoms with Crippen LogP contribution in [0.25, 0.3) is 0 Å². The highest BCUT2D eigenvalue weighted by Gasteiger charge is 2.28. The number of aliphatic hydroxyl groups excluding tert-OH is 1. The van der Waals surface area contributed by atoms with Gasteiger partial charge in [-0.05, 0) is 57.8 Å². The second-order valence-corrected chi connectivity index (χ2v) is 21.2. The fourth-order valence-corrected chi connectivity index (χ4v) is 8.93. The van der Waals surface area contributed by atoms with Crippen molar-refractivity contribution in [3.05, 3.63) is 72.9 Å². The van der Waals surface area contributed by atoms with Gasteiger partial charge in [-0.15, -0.1) is 0 Å².